The van der Waals surface area contributed by atoms with E-state index < -0.39 is 0 Å². The topological polar surface area (TPSA) is 54.9 Å². The molecule has 29 heavy (non-hydrogen) atoms. The molecule has 0 bridgehead atoms. The number of guanidine groups is 1. The minimum atomic E-state index is 0. The minimum Gasteiger partial charge on any atom is -0.379 e. The highest BCUT2D eigenvalue weighted by atomic mass is 127. The molecule has 0 atom stereocenters. The van der Waals surface area contributed by atoms with Crippen molar-refractivity contribution in [3.05, 3.63) is 70.2 Å². The van der Waals surface area contributed by atoms with Crippen LogP contribution in [-0.4, -0.2) is 39.4 Å². The summed E-state index contributed by atoms with van der Waals surface area (Å²) in [7, 11) is 1.77. The van der Waals surface area contributed by atoms with Crippen LogP contribution in [0.15, 0.2) is 53.5 Å². The summed E-state index contributed by atoms with van der Waals surface area (Å²) in [5, 5.41) is 7.47. The van der Waals surface area contributed by atoms with Crippen LogP contribution in [0, 0.1) is 0 Å². The SMILES string of the molecule is CCOCCOCc1cccc(CNC(=NC)NCCc2ccccc2Cl)c1.I. The third-order valence-electron chi connectivity index (χ3n) is 4.16. The predicted molar refractivity (Wildman–Crippen MR) is 131 cm³/mol. The van der Waals surface area contributed by atoms with Crippen molar-refractivity contribution >= 4 is 41.5 Å². The monoisotopic (exact) mass is 531 g/mol. The molecule has 2 aromatic carbocycles. The summed E-state index contributed by atoms with van der Waals surface area (Å²) in [5.41, 5.74) is 3.46. The molecule has 0 aliphatic carbocycles. The van der Waals surface area contributed by atoms with E-state index >= 15 is 0 Å². The van der Waals surface area contributed by atoms with Gasteiger partial charge in [0, 0.05) is 31.8 Å². The van der Waals surface area contributed by atoms with E-state index in [2.05, 4.69) is 33.8 Å². The first-order chi connectivity index (χ1) is 13.7. The van der Waals surface area contributed by atoms with Crippen LogP contribution in [0.2, 0.25) is 5.02 Å². The molecule has 0 aliphatic rings. The Morgan fingerprint density at radius 2 is 1.76 bits per heavy atom. The van der Waals surface area contributed by atoms with Gasteiger partial charge in [0.25, 0.3) is 0 Å². The fourth-order valence-electron chi connectivity index (χ4n) is 2.70. The zero-order chi connectivity index (χ0) is 20.0. The van der Waals surface area contributed by atoms with Gasteiger partial charge in [-0.1, -0.05) is 54.1 Å². The van der Waals surface area contributed by atoms with Gasteiger partial charge in [-0.15, -0.1) is 24.0 Å². The Bertz CT molecular complexity index is 744. The van der Waals surface area contributed by atoms with Crippen molar-refractivity contribution in [2.45, 2.75) is 26.5 Å². The molecular formula is C22H31ClIN3O2. The highest BCUT2D eigenvalue weighted by molar-refractivity contribution is 14.0. The Morgan fingerprint density at radius 3 is 2.52 bits per heavy atom. The first kappa shape index (κ1) is 25.7. The van der Waals surface area contributed by atoms with Crippen molar-refractivity contribution in [2.24, 2.45) is 4.99 Å². The Kier molecular flexibility index (Phi) is 13.7. The van der Waals surface area contributed by atoms with Gasteiger partial charge in [-0.2, -0.15) is 0 Å². The Balaban J connectivity index is 0.00000420. The molecule has 0 fully saturated rings. The van der Waals surface area contributed by atoms with Crippen LogP contribution >= 0.6 is 35.6 Å². The number of aliphatic imine (C=N–C) groups is 1. The van der Waals surface area contributed by atoms with Gasteiger partial charge in [0.15, 0.2) is 5.96 Å². The second kappa shape index (κ2) is 15.5. The number of nitrogens with zero attached hydrogens (tertiary/aromatic N) is 1. The van der Waals surface area contributed by atoms with Gasteiger partial charge in [0.05, 0.1) is 19.8 Å². The number of hydrogen-bond acceptors (Lipinski definition) is 3. The predicted octanol–water partition coefficient (Wildman–Crippen LogP) is 4.42. The number of nitrogens with one attached hydrogen (secondary N) is 2. The summed E-state index contributed by atoms with van der Waals surface area (Å²) < 4.78 is 10.9. The van der Waals surface area contributed by atoms with E-state index in [0.29, 0.717) is 26.4 Å². The highest BCUT2D eigenvalue weighted by Gasteiger charge is 2.02. The van der Waals surface area contributed by atoms with Crippen molar-refractivity contribution in [1.29, 1.82) is 0 Å². The van der Waals surface area contributed by atoms with Crippen molar-refractivity contribution in [3.8, 4) is 0 Å². The largest absolute Gasteiger partial charge is 0.379 e. The summed E-state index contributed by atoms with van der Waals surface area (Å²) in [6.07, 6.45) is 0.842. The van der Waals surface area contributed by atoms with E-state index in [0.717, 1.165) is 41.7 Å². The van der Waals surface area contributed by atoms with Gasteiger partial charge in [0.2, 0.25) is 0 Å². The quantitative estimate of drug-likeness (QED) is 0.195. The summed E-state index contributed by atoms with van der Waals surface area (Å²) in [5.74, 6) is 0.769. The van der Waals surface area contributed by atoms with E-state index in [1.165, 1.54) is 5.56 Å². The zero-order valence-electron chi connectivity index (χ0n) is 17.1. The van der Waals surface area contributed by atoms with Crippen LogP contribution in [0.3, 0.4) is 0 Å². The van der Waals surface area contributed by atoms with Crippen LogP contribution in [-0.2, 0) is 29.0 Å². The van der Waals surface area contributed by atoms with Gasteiger partial charge in [-0.3, -0.25) is 4.99 Å². The average Bonchev–Trinajstić information content (AvgIpc) is 2.72. The molecule has 0 amide bonds. The van der Waals surface area contributed by atoms with Crippen LogP contribution < -0.4 is 10.6 Å². The Morgan fingerprint density at radius 1 is 1.00 bits per heavy atom. The molecule has 0 heterocycles. The maximum Gasteiger partial charge on any atom is 0.191 e. The molecule has 160 valence electrons. The van der Waals surface area contributed by atoms with Gasteiger partial charge in [-0.05, 0) is 36.1 Å². The molecule has 7 heteroatoms. The lowest BCUT2D eigenvalue weighted by molar-refractivity contribution is 0.0453. The smallest absolute Gasteiger partial charge is 0.191 e. The third-order valence-corrected chi connectivity index (χ3v) is 4.53. The summed E-state index contributed by atoms with van der Waals surface area (Å²) >= 11 is 6.20. The number of ether oxygens (including phenoxy) is 2. The molecule has 0 saturated carbocycles. The average molecular weight is 532 g/mol. The molecule has 5 nitrogen and oxygen atoms in total. The van der Waals surface area contributed by atoms with Crippen molar-refractivity contribution in [1.82, 2.24) is 10.6 Å². The van der Waals surface area contributed by atoms with Crippen LogP contribution in [0.5, 0.6) is 0 Å². The maximum atomic E-state index is 6.20. The van der Waals surface area contributed by atoms with Crippen molar-refractivity contribution < 1.29 is 9.47 Å². The van der Waals surface area contributed by atoms with Crippen molar-refractivity contribution in [3.63, 3.8) is 0 Å². The summed E-state index contributed by atoms with van der Waals surface area (Å²) in [6.45, 7) is 5.99. The fourth-order valence-corrected chi connectivity index (χ4v) is 2.93. The Labute approximate surface area is 196 Å². The van der Waals surface area contributed by atoms with E-state index in [4.69, 9.17) is 21.1 Å². The van der Waals surface area contributed by atoms with Crippen LogP contribution in [0.1, 0.15) is 23.6 Å². The highest BCUT2D eigenvalue weighted by Crippen LogP contribution is 2.14. The molecule has 2 N–H and O–H groups in total. The van der Waals surface area contributed by atoms with Gasteiger partial charge in [0.1, 0.15) is 0 Å². The molecule has 0 unspecified atom stereocenters. The second-order valence-corrected chi connectivity index (χ2v) is 6.67. The van der Waals surface area contributed by atoms with Crippen LogP contribution in [0.25, 0.3) is 0 Å². The lowest BCUT2D eigenvalue weighted by Gasteiger charge is -2.13. The van der Waals surface area contributed by atoms with E-state index in [-0.39, 0.29) is 24.0 Å². The molecule has 2 rings (SSSR count). The molecule has 0 aromatic heterocycles. The van der Waals surface area contributed by atoms with Gasteiger partial charge < -0.3 is 20.1 Å². The van der Waals surface area contributed by atoms with E-state index in [1.54, 1.807) is 7.05 Å². The van der Waals surface area contributed by atoms with E-state index in [1.807, 2.05) is 37.3 Å². The molecule has 0 aliphatic heterocycles. The van der Waals surface area contributed by atoms with Gasteiger partial charge in [-0.25, -0.2) is 0 Å². The summed E-state index contributed by atoms with van der Waals surface area (Å²) in [4.78, 5) is 4.28. The molecule has 0 saturated heterocycles. The molecule has 2 aromatic rings. The van der Waals surface area contributed by atoms with Gasteiger partial charge >= 0.3 is 0 Å². The number of hydrogen-bond donors (Lipinski definition) is 2. The Hall–Kier alpha value is -1.35. The van der Waals surface area contributed by atoms with Crippen molar-refractivity contribution in [2.75, 3.05) is 33.4 Å². The summed E-state index contributed by atoms with van der Waals surface area (Å²) in [6, 6.07) is 16.3. The lowest BCUT2D eigenvalue weighted by atomic mass is 10.1. The number of rotatable bonds is 11. The normalized spacial score (nSPS) is 11.1. The minimum absolute atomic E-state index is 0. The molecular weight excluding hydrogens is 501 g/mol. The zero-order valence-corrected chi connectivity index (χ0v) is 20.2. The molecule has 0 radical (unpaired) electrons. The maximum absolute atomic E-state index is 6.20. The third kappa shape index (κ3) is 10.3. The standard InChI is InChI=1S/C22H30ClN3O2.HI/c1-3-27-13-14-28-17-19-8-6-7-18(15-19)16-26-22(24-2)25-12-11-20-9-4-5-10-21(20)23;/h4-10,15H,3,11-14,16-17H2,1-2H3,(H2,24,25,26);1H. The fraction of sp³-hybridized carbons (Fsp3) is 0.409. The molecule has 0 spiro atoms. The van der Waals surface area contributed by atoms with Crippen LogP contribution in [0.4, 0.5) is 0 Å². The lowest BCUT2D eigenvalue weighted by Crippen LogP contribution is -2.37. The first-order valence-electron chi connectivity index (χ1n) is 9.64. The van der Waals surface area contributed by atoms with E-state index in [9.17, 15) is 0 Å². The second-order valence-electron chi connectivity index (χ2n) is 6.26. The number of benzene rings is 2. The number of halogens is 2. The first-order valence-corrected chi connectivity index (χ1v) is 10.0.